The Labute approximate surface area is 128 Å². The molecule has 0 spiro atoms. The molecule has 2 aromatic rings. The number of fused-ring (bicyclic) bond motifs is 1. The van der Waals surface area contributed by atoms with Crippen LogP contribution in [0.1, 0.15) is 16.8 Å². The zero-order chi connectivity index (χ0) is 14.3. The molecule has 1 aromatic carbocycles. The highest BCUT2D eigenvalue weighted by Crippen LogP contribution is 2.26. The summed E-state index contributed by atoms with van der Waals surface area (Å²) in [7, 11) is 1.92. The van der Waals surface area contributed by atoms with Crippen molar-refractivity contribution in [2.75, 3.05) is 11.9 Å². The molecule has 0 saturated carbocycles. The summed E-state index contributed by atoms with van der Waals surface area (Å²) >= 11 is 0. The number of nitrogens with one attached hydrogen (secondary N) is 1. The summed E-state index contributed by atoms with van der Waals surface area (Å²) in [5.41, 5.74) is 4.09. The summed E-state index contributed by atoms with van der Waals surface area (Å²) in [4.78, 5) is 11.8. The van der Waals surface area contributed by atoms with E-state index in [-0.39, 0.29) is 24.9 Å². The highest BCUT2D eigenvalue weighted by molar-refractivity contribution is 6.16. The summed E-state index contributed by atoms with van der Waals surface area (Å²) in [6.07, 6.45) is 1.87. The lowest BCUT2D eigenvalue weighted by Crippen LogP contribution is -3.00. The number of aromatic nitrogens is 1. The van der Waals surface area contributed by atoms with Crippen LogP contribution >= 0.6 is 0 Å². The number of benzene rings is 1. The monoisotopic (exact) mass is 305 g/mol. The predicted octanol–water partition coefficient (Wildman–Crippen LogP) is -1.47. The number of aryl methyl sites for hydroxylation is 1. The third kappa shape index (κ3) is 2.52. The molecule has 0 radical (unpaired) electrons. The van der Waals surface area contributed by atoms with Crippen molar-refractivity contribution >= 4 is 17.3 Å². The van der Waals surface area contributed by atoms with Crippen LogP contribution in [0.5, 0.6) is 0 Å². The highest BCUT2D eigenvalue weighted by atomic mass is 35.5. The van der Waals surface area contributed by atoms with Crippen molar-refractivity contribution in [3.8, 4) is 0 Å². The van der Waals surface area contributed by atoms with Crippen LogP contribution in [0.2, 0.25) is 0 Å². The number of halogens is 1. The molecule has 1 aliphatic heterocycles. The van der Waals surface area contributed by atoms with Gasteiger partial charge in [-0.2, -0.15) is 0 Å². The Morgan fingerprint density at radius 1 is 1.29 bits per heavy atom. The molecule has 1 aromatic heterocycles. The number of amides is 1. The molecule has 6 heteroatoms. The Balaban J connectivity index is 0.00000161. The van der Waals surface area contributed by atoms with Crippen LogP contribution in [0.3, 0.4) is 0 Å². The maximum absolute atomic E-state index is 11.8. The zero-order valence-electron chi connectivity index (χ0n) is 11.8. The van der Waals surface area contributed by atoms with Crippen molar-refractivity contribution in [2.24, 2.45) is 7.05 Å². The van der Waals surface area contributed by atoms with Crippen molar-refractivity contribution in [1.29, 1.82) is 0 Å². The second-order valence-electron chi connectivity index (χ2n) is 4.93. The van der Waals surface area contributed by atoms with Gasteiger partial charge in [0.1, 0.15) is 0 Å². The molecule has 2 N–H and O–H groups in total. The van der Waals surface area contributed by atoms with E-state index in [9.17, 15) is 10.0 Å². The van der Waals surface area contributed by atoms with E-state index in [1.54, 1.807) is 0 Å². The third-order valence-electron chi connectivity index (χ3n) is 3.59. The van der Waals surface area contributed by atoms with E-state index in [2.05, 4.69) is 5.32 Å². The van der Waals surface area contributed by atoms with Gasteiger partial charge in [0.05, 0.1) is 16.8 Å². The Morgan fingerprint density at radius 3 is 2.62 bits per heavy atom. The molecule has 0 bridgehead atoms. The lowest BCUT2D eigenvalue weighted by Gasteiger charge is -2.03. The molecular formula is C15H16ClN3O2. The Kier molecular flexibility index (Phi) is 4.04. The second-order valence-corrected chi connectivity index (χ2v) is 4.93. The summed E-state index contributed by atoms with van der Waals surface area (Å²) < 4.78 is 2.95. The largest absolute Gasteiger partial charge is 1.00 e. The zero-order valence-corrected chi connectivity index (χ0v) is 12.6. The Hall–Kier alpha value is -2.27. The minimum atomic E-state index is -0.231. The van der Waals surface area contributed by atoms with Gasteiger partial charge in [0.2, 0.25) is 0 Å². The summed E-state index contributed by atoms with van der Waals surface area (Å²) in [5, 5.41) is 13.1. The fourth-order valence-corrected chi connectivity index (χ4v) is 2.54. The lowest BCUT2D eigenvalue weighted by atomic mass is 10.0. The van der Waals surface area contributed by atoms with Crippen molar-refractivity contribution in [3.05, 3.63) is 53.3 Å². The number of anilines is 1. The average molecular weight is 306 g/mol. The molecule has 1 aliphatic rings. The molecule has 0 atom stereocenters. The summed E-state index contributed by atoms with van der Waals surface area (Å²) in [5.74, 6) is -0.231. The fraction of sp³-hybridized carbons (Fsp3) is 0.200. The third-order valence-corrected chi connectivity index (χ3v) is 3.59. The van der Waals surface area contributed by atoms with Gasteiger partial charge in [0.15, 0.2) is 0 Å². The van der Waals surface area contributed by atoms with E-state index in [0.29, 0.717) is 5.71 Å². The van der Waals surface area contributed by atoms with E-state index < -0.39 is 0 Å². The van der Waals surface area contributed by atoms with Gasteiger partial charge in [0, 0.05) is 18.9 Å². The van der Waals surface area contributed by atoms with E-state index in [1.807, 2.05) is 55.1 Å². The SMILES string of the molecule is Cc1c2c(cn1C)NC(=O)C[N+](O)=C2c1ccccc1.[Cl-]. The number of hydrogen-bond donors (Lipinski definition) is 2. The minimum absolute atomic E-state index is 0. The predicted molar refractivity (Wildman–Crippen MR) is 75.3 cm³/mol. The number of carbonyl (C=O) groups is 1. The quantitative estimate of drug-likeness (QED) is 0.499. The van der Waals surface area contributed by atoms with E-state index in [0.717, 1.165) is 27.2 Å². The van der Waals surface area contributed by atoms with Crippen molar-refractivity contribution in [3.63, 3.8) is 0 Å². The fourth-order valence-electron chi connectivity index (χ4n) is 2.54. The first-order valence-corrected chi connectivity index (χ1v) is 6.43. The average Bonchev–Trinajstić information content (AvgIpc) is 2.61. The van der Waals surface area contributed by atoms with Crippen LogP contribution in [-0.2, 0) is 11.8 Å². The van der Waals surface area contributed by atoms with Gasteiger partial charge in [-0.25, -0.2) is 0 Å². The summed E-state index contributed by atoms with van der Waals surface area (Å²) in [6, 6.07) is 9.59. The van der Waals surface area contributed by atoms with E-state index >= 15 is 0 Å². The topological polar surface area (TPSA) is 57.3 Å². The molecule has 3 rings (SSSR count). The highest BCUT2D eigenvalue weighted by Gasteiger charge is 2.32. The van der Waals surface area contributed by atoms with Gasteiger partial charge in [-0.05, 0) is 23.8 Å². The molecule has 0 unspecified atom stereocenters. The summed E-state index contributed by atoms with van der Waals surface area (Å²) in [6.45, 7) is 1.88. The standard InChI is InChI=1S/C15H15N3O2.ClH/c1-10-14-12(8-17(10)2)16-13(19)9-18(20)15(14)11-6-4-3-5-7-11;/h3-8H,9H2,1-2H3,(H-,16,19,20);1H. The molecule has 2 heterocycles. The van der Waals surface area contributed by atoms with Crippen molar-refractivity contribution in [1.82, 2.24) is 4.57 Å². The lowest BCUT2D eigenvalue weighted by molar-refractivity contribution is -0.765. The van der Waals surface area contributed by atoms with Crippen molar-refractivity contribution < 1.29 is 27.1 Å². The minimum Gasteiger partial charge on any atom is -1.00 e. The number of rotatable bonds is 1. The van der Waals surface area contributed by atoms with Crippen LogP contribution in [-0.4, -0.2) is 32.7 Å². The smallest absolute Gasteiger partial charge is 0.294 e. The van der Waals surface area contributed by atoms with Gasteiger partial charge in [-0.1, -0.05) is 18.2 Å². The van der Waals surface area contributed by atoms with Crippen LogP contribution in [0.4, 0.5) is 5.69 Å². The molecular weight excluding hydrogens is 290 g/mol. The van der Waals surface area contributed by atoms with Crippen LogP contribution < -0.4 is 17.7 Å². The maximum atomic E-state index is 11.8. The first kappa shape index (κ1) is 15.1. The first-order chi connectivity index (χ1) is 9.58. The molecule has 110 valence electrons. The normalized spacial score (nSPS) is 14.1. The molecule has 0 saturated heterocycles. The molecule has 21 heavy (non-hydrogen) atoms. The van der Waals surface area contributed by atoms with Gasteiger partial charge >= 0.3 is 0 Å². The van der Waals surface area contributed by atoms with Gasteiger partial charge in [-0.3, -0.25) is 10.0 Å². The van der Waals surface area contributed by atoms with Crippen LogP contribution in [0, 0.1) is 6.92 Å². The Bertz CT molecular complexity index is 720. The van der Waals surface area contributed by atoms with Gasteiger partial charge in [0.25, 0.3) is 18.2 Å². The van der Waals surface area contributed by atoms with E-state index in [4.69, 9.17) is 0 Å². The number of hydroxylamine groups is 1. The molecule has 0 fully saturated rings. The van der Waals surface area contributed by atoms with Crippen molar-refractivity contribution in [2.45, 2.75) is 6.92 Å². The first-order valence-electron chi connectivity index (χ1n) is 6.43. The number of nitrogens with zero attached hydrogens (tertiary/aromatic N) is 2. The second kappa shape index (κ2) is 5.61. The van der Waals surface area contributed by atoms with Gasteiger partial charge < -0.3 is 22.3 Å². The molecule has 0 aliphatic carbocycles. The number of hydrogen-bond acceptors (Lipinski definition) is 2. The van der Waals surface area contributed by atoms with Gasteiger partial charge in [-0.15, -0.1) is 0 Å². The maximum Gasteiger partial charge on any atom is 0.294 e. The van der Waals surface area contributed by atoms with Crippen LogP contribution in [0.25, 0.3) is 0 Å². The number of carbonyl (C=O) groups excluding carboxylic acids is 1. The Morgan fingerprint density at radius 2 is 1.95 bits per heavy atom. The van der Waals surface area contributed by atoms with E-state index in [1.165, 1.54) is 0 Å². The van der Waals surface area contributed by atoms with Crippen LogP contribution in [0.15, 0.2) is 36.5 Å². The molecule has 5 nitrogen and oxygen atoms in total. The molecule has 1 amide bonds.